The number of rotatable bonds is 42. The molecule has 0 aromatic rings. The predicted molar refractivity (Wildman–Crippen MR) is 257 cm³/mol. The second kappa shape index (κ2) is 39.5. The van der Waals surface area contributed by atoms with Crippen molar-refractivity contribution in [3.63, 3.8) is 0 Å². The number of nitrogens with one attached hydrogen (secondary N) is 1. The predicted octanol–water partition coefficient (Wildman–Crippen LogP) is 9.31. The lowest BCUT2D eigenvalue weighted by Crippen LogP contribution is -2.64. The van der Waals surface area contributed by atoms with Crippen LogP contribution in [0.2, 0.25) is 0 Å². The largest absolute Gasteiger partial charge is 0.472 e. The van der Waals surface area contributed by atoms with Crippen molar-refractivity contribution in [3.8, 4) is 0 Å². The van der Waals surface area contributed by atoms with Crippen LogP contribution >= 0.6 is 7.82 Å². The van der Waals surface area contributed by atoms with Crippen LogP contribution < -0.4 is 5.32 Å². The Hall–Kier alpha value is -1.48. The van der Waals surface area contributed by atoms with Gasteiger partial charge in [-0.1, -0.05) is 185 Å². The van der Waals surface area contributed by atoms with E-state index in [2.05, 4.69) is 43.5 Å². The molecule has 0 aromatic heterocycles. The van der Waals surface area contributed by atoms with Crippen LogP contribution in [0.4, 0.5) is 0 Å². The fraction of sp³-hybridized carbons (Fsp3) is 0.860. The molecule has 0 aromatic carbocycles. The lowest BCUT2D eigenvalue weighted by molar-refractivity contribution is -0.220. The highest BCUT2D eigenvalue weighted by molar-refractivity contribution is 7.47. The van der Waals surface area contributed by atoms with Crippen molar-refractivity contribution >= 4 is 13.7 Å². The third kappa shape index (κ3) is 30.7. The zero-order valence-corrected chi connectivity index (χ0v) is 40.8. The van der Waals surface area contributed by atoms with Crippen molar-refractivity contribution in [3.05, 3.63) is 36.5 Å². The molecular formula is C50H94NO12P. The number of carbonyl (C=O) groups excluding carboxylic acids is 1. The highest BCUT2D eigenvalue weighted by atomic mass is 31.2. The Kier molecular flexibility index (Phi) is 37.4. The lowest BCUT2D eigenvalue weighted by Gasteiger charge is -2.41. The molecule has 64 heavy (non-hydrogen) atoms. The lowest BCUT2D eigenvalue weighted by atomic mass is 9.85. The van der Waals surface area contributed by atoms with E-state index in [1.807, 2.05) is 0 Å². The molecule has 0 radical (unpaired) electrons. The Balaban J connectivity index is 2.51. The number of allylic oxidation sites excluding steroid dienone is 5. The zero-order chi connectivity index (χ0) is 47.3. The highest BCUT2D eigenvalue weighted by Crippen LogP contribution is 2.47. The molecule has 1 aliphatic rings. The number of phosphoric acid groups is 1. The minimum atomic E-state index is -5.15. The van der Waals surface area contributed by atoms with Gasteiger partial charge in [0.25, 0.3) is 0 Å². The number of aliphatic hydroxyl groups is 7. The van der Waals surface area contributed by atoms with Crippen molar-refractivity contribution < 1.29 is 59.0 Å². The molecule has 8 atom stereocenters. The molecule has 13 nitrogen and oxygen atoms in total. The Morgan fingerprint density at radius 3 is 1.38 bits per heavy atom. The van der Waals surface area contributed by atoms with Crippen molar-refractivity contribution in [1.29, 1.82) is 0 Å². The van der Waals surface area contributed by atoms with Crippen LogP contribution in [0.5, 0.6) is 0 Å². The number of aliphatic hydroxyl groups excluding tert-OH is 7. The van der Waals surface area contributed by atoms with Crippen LogP contribution in [-0.4, -0.2) is 108 Å². The number of amides is 1. The number of phosphoric ester groups is 1. The van der Waals surface area contributed by atoms with E-state index in [9.17, 15) is 50.0 Å². The number of hydrogen-bond acceptors (Lipinski definition) is 11. The third-order valence-electron chi connectivity index (χ3n) is 12.2. The molecule has 1 fully saturated rings. The molecule has 8 unspecified atom stereocenters. The van der Waals surface area contributed by atoms with Gasteiger partial charge in [-0.15, -0.1) is 0 Å². The summed E-state index contributed by atoms with van der Waals surface area (Å²) in [5, 5.41) is 74.6. The van der Waals surface area contributed by atoms with Crippen LogP contribution in [-0.2, 0) is 18.4 Å². The minimum Gasteiger partial charge on any atom is -0.393 e. The molecule has 1 aliphatic carbocycles. The van der Waals surface area contributed by atoms with Crippen LogP contribution in [0.1, 0.15) is 213 Å². The first kappa shape index (κ1) is 60.5. The van der Waals surface area contributed by atoms with Gasteiger partial charge in [-0.05, 0) is 57.8 Å². The van der Waals surface area contributed by atoms with E-state index in [-0.39, 0.29) is 6.42 Å². The molecule has 0 spiro atoms. The van der Waals surface area contributed by atoms with Crippen LogP contribution in [0.15, 0.2) is 36.5 Å². The second-order valence-electron chi connectivity index (χ2n) is 18.2. The quantitative estimate of drug-likeness (QED) is 0.0159. The standard InChI is InChI=1S/C50H94NO12P/c1-3-5-7-9-11-13-15-17-19-20-21-22-24-25-27-29-31-33-35-37-41(52)39-44(54)51-42(40-62-64(60,61)63-50-48(58)46(56)45(55)47(57)49(50)59)43(53)38-36-34-32-30-28-26-23-18-16-14-12-10-8-6-4-2/h22,24,28,30,36,38,41-43,45-50,52-53,55-59H,3-21,23,25-27,29,31-35,37,39-40H2,1-2H3,(H,51,54)(H,60,61)/b24-22-,30-28+,38-36+. The van der Waals surface area contributed by atoms with Gasteiger partial charge in [0.05, 0.1) is 31.3 Å². The summed E-state index contributed by atoms with van der Waals surface area (Å²) >= 11 is 0. The van der Waals surface area contributed by atoms with Crippen LogP contribution in [0.25, 0.3) is 0 Å². The maximum Gasteiger partial charge on any atom is 0.472 e. The topological polar surface area (TPSA) is 226 Å². The van der Waals surface area contributed by atoms with Gasteiger partial charge < -0.3 is 46.0 Å². The van der Waals surface area contributed by atoms with Gasteiger partial charge in [-0.25, -0.2) is 4.57 Å². The summed E-state index contributed by atoms with van der Waals surface area (Å²) in [5.74, 6) is -0.607. The van der Waals surface area contributed by atoms with Gasteiger partial charge in [-0.2, -0.15) is 0 Å². The molecule has 14 heteroatoms. The van der Waals surface area contributed by atoms with Crippen molar-refractivity contribution in [2.45, 2.75) is 268 Å². The van der Waals surface area contributed by atoms with Crippen molar-refractivity contribution in [2.24, 2.45) is 0 Å². The summed E-state index contributed by atoms with van der Waals surface area (Å²) in [4.78, 5) is 23.5. The molecule has 1 saturated carbocycles. The number of carbonyl (C=O) groups is 1. The van der Waals surface area contributed by atoms with Crippen LogP contribution in [0, 0.1) is 0 Å². The maximum absolute atomic E-state index is 13.0. The van der Waals surface area contributed by atoms with Gasteiger partial charge >= 0.3 is 7.82 Å². The first-order chi connectivity index (χ1) is 30.8. The molecule has 0 aliphatic heterocycles. The van der Waals surface area contributed by atoms with E-state index < -0.39 is 75.2 Å². The first-order valence-electron chi connectivity index (χ1n) is 25.5. The third-order valence-corrected chi connectivity index (χ3v) is 13.2. The first-order valence-corrected chi connectivity index (χ1v) is 27.0. The normalized spacial score (nSPS) is 23.0. The van der Waals surface area contributed by atoms with Crippen molar-refractivity contribution in [1.82, 2.24) is 5.32 Å². The highest BCUT2D eigenvalue weighted by Gasteiger charge is 2.51. The van der Waals surface area contributed by atoms with Crippen molar-refractivity contribution in [2.75, 3.05) is 6.61 Å². The molecular weight excluding hydrogens is 838 g/mol. The maximum atomic E-state index is 13.0. The smallest absolute Gasteiger partial charge is 0.393 e. The molecule has 1 rings (SSSR count). The summed E-state index contributed by atoms with van der Waals surface area (Å²) in [6, 6.07) is -1.26. The van der Waals surface area contributed by atoms with E-state index in [4.69, 9.17) is 9.05 Å². The molecule has 376 valence electrons. The van der Waals surface area contributed by atoms with Gasteiger partial charge in [-0.3, -0.25) is 13.8 Å². The fourth-order valence-corrected chi connectivity index (χ4v) is 8.98. The Bertz CT molecular complexity index is 1240. The van der Waals surface area contributed by atoms with E-state index in [1.54, 1.807) is 6.08 Å². The van der Waals surface area contributed by atoms with Gasteiger partial charge in [0.2, 0.25) is 5.91 Å². The Morgan fingerprint density at radius 2 is 0.922 bits per heavy atom. The summed E-state index contributed by atoms with van der Waals surface area (Å²) in [6.07, 6.45) is 32.3. The fourth-order valence-electron chi connectivity index (χ4n) is 8.02. The molecule has 1 amide bonds. The molecule has 0 saturated heterocycles. The summed E-state index contributed by atoms with van der Waals surface area (Å²) in [7, 11) is -5.15. The van der Waals surface area contributed by atoms with Gasteiger partial charge in [0, 0.05) is 0 Å². The SMILES string of the molecule is CCCCCCCCCCC/C=C/CC/C=C/C(O)C(COP(=O)(O)OC1C(O)C(O)C(O)C(O)C1O)NC(=O)CC(O)CCCCCCC/C=C\CCCCCCCCCCCC. The number of hydrogen-bond donors (Lipinski definition) is 9. The average molecular weight is 932 g/mol. The molecule has 0 heterocycles. The van der Waals surface area contributed by atoms with Gasteiger partial charge in [0.15, 0.2) is 0 Å². The van der Waals surface area contributed by atoms with E-state index in [1.165, 1.54) is 122 Å². The molecule has 0 bridgehead atoms. The Morgan fingerprint density at radius 1 is 0.547 bits per heavy atom. The second-order valence-corrected chi connectivity index (χ2v) is 19.6. The monoisotopic (exact) mass is 932 g/mol. The van der Waals surface area contributed by atoms with E-state index in [0.717, 1.165) is 64.2 Å². The Labute approximate surface area is 387 Å². The minimum absolute atomic E-state index is 0.258. The average Bonchev–Trinajstić information content (AvgIpc) is 3.27. The van der Waals surface area contributed by atoms with E-state index in [0.29, 0.717) is 12.8 Å². The summed E-state index contributed by atoms with van der Waals surface area (Å²) < 4.78 is 22.9. The van der Waals surface area contributed by atoms with Gasteiger partial charge in [0.1, 0.15) is 36.6 Å². The molecule has 9 N–H and O–H groups in total. The van der Waals surface area contributed by atoms with E-state index >= 15 is 0 Å². The zero-order valence-electron chi connectivity index (χ0n) is 39.9. The van der Waals surface area contributed by atoms with Crippen LogP contribution in [0.3, 0.4) is 0 Å². The summed E-state index contributed by atoms with van der Waals surface area (Å²) in [5.41, 5.74) is 0. The number of unbranched alkanes of at least 4 members (excludes halogenated alkanes) is 25. The summed E-state index contributed by atoms with van der Waals surface area (Å²) in [6.45, 7) is 3.74.